The molecule has 1 fully saturated rings. The van der Waals surface area contributed by atoms with Crippen molar-refractivity contribution in [1.29, 1.82) is 21.2 Å². The van der Waals surface area contributed by atoms with E-state index in [2.05, 4.69) is 23.1 Å². The molecule has 1 aliphatic heterocycles. The maximum absolute atomic E-state index is 10.0. The Morgan fingerprint density at radius 2 is 1.82 bits per heavy atom. The van der Waals surface area contributed by atoms with Crippen molar-refractivity contribution in [3.8, 4) is 29.7 Å². The number of benzene rings is 1. The number of ether oxygens (including phenoxy) is 2. The Kier molecular flexibility index (Phi) is 5.10. The molecule has 2 aliphatic rings. The van der Waals surface area contributed by atoms with Crippen LogP contribution in [0.3, 0.4) is 0 Å². The van der Waals surface area contributed by atoms with Crippen molar-refractivity contribution in [2.45, 2.75) is 5.92 Å². The Morgan fingerprint density at radius 1 is 1.14 bits per heavy atom. The Balaban J connectivity index is 2.26. The van der Waals surface area contributed by atoms with E-state index in [4.69, 9.17) is 14.9 Å². The van der Waals surface area contributed by atoms with Crippen molar-refractivity contribution in [3.05, 3.63) is 35.4 Å². The quantitative estimate of drug-likeness (QED) is 0.811. The predicted molar refractivity (Wildman–Crippen MR) is 102 cm³/mol. The molecule has 28 heavy (non-hydrogen) atoms. The topological polar surface area (TPSA) is 117 Å². The van der Waals surface area contributed by atoms with E-state index in [1.54, 1.807) is 12.1 Å². The number of hydrogen-bond donors (Lipinski definition) is 1. The zero-order valence-electron chi connectivity index (χ0n) is 16.1. The van der Waals surface area contributed by atoms with Crippen LogP contribution in [0, 0.1) is 56.7 Å². The van der Waals surface area contributed by atoms with Crippen LogP contribution < -0.4 is 9.47 Å². The summed E-state index contributed by atoms with van der Waals surface area (Å²) >= 11 is 0. The molecule has 7 nitrogen and oxygen atoms in total. The average molecular weight is 375 g/mol. The van der Waals surface area contributed by atoms with Crippen LogP contribution in [0.15, 0.2) is 29.8 Å². The number of likely N-dealkylation sites (N-methyl/N-ethyl adjacent to an activating group) is 1. The largest absolute Gasteiger partial charge is 0.493 e. The number of hydrogen-bond acceptors (Lipinski definition) is 7. The third-order valence-corrected chi connectivity index (χ3v) is 5.74. The molecule has 1 unspecified atom stereocenters. The van der Waals surface area contributed by atoms with Crippen LogP contribution in [-0.4, -0.2) is 45.0 Å². The lowest BCUT2D eigenvalue weighted by molar-refractivity contribution is 0.234. The highest BCUT2D eigenvalue weighted by molar-refractivity contribution is 6.00. The van der Waals surface area contributed by atoms with Crippen molar-refractivity contribution in [1.82, 2.24) is 4.90 Å². The molecule has 1 heterocycles. The first kappa shape index (κ1) is 19.4. The zero-order chi connectivity index (χ0) is 20.5. The number of nitrogens with one attached hydrogen (secondary N) is 1. The number of nitriles is 3. The maximum atomic E-state index is 10.0. The van der Waals surface area contributed by atoms with Gasteiger partial charge < -0.3 is 19.8 Å². The second kappa shape index (κ2) is 7.35. The van der Waals surface area contributed by atoms with Gasteiger partial charge in [-0.05, 0) is 30.3 Å². The normalized spacial score (nSPS) is 26.1. The summed E-state index contributed by atoms with van der Waals surface area (Å²) in [7, 11) is 5.02. The summed E-state index contributed by atoms with van der Waals surface area (Å²) in [6.07, 6.45) is 1.96. The molecule has 0 radical (unpaired) electrons. The molecule has 0 aromatic heterocycles. The van der Waals surface area contributed by atoms with Crippen LogP contribution in [0.2, 0.25) is 0 Å². The van der Waals surface area contributed by atoms with Gasteiger partial charge in [0.1, 0.15) is 5.92 Å². The Hall–Kier alpha value is -3.34. The molecular formula is C21H21N5O2. The Labute approximate surface area is 164 Å². The second-order valence-electron chi connectivity index (χ2n) is 7.13. The van der Waals surface area contributed by atoms with Gasteiger partial charge in [0.15, 0.2) is 16.9 Å². The fourth-order valence-corrected chi connectivity index (χ4v) is 4.37. The van der Waals surface area contributed by atoms with Gasteiger partial charge in [0.25, 0.3) is 0 Å². The fourth-order valence-electron chi connectivity index (χ4n) is 4.37. The minimum Gasteiger partial charge on any atom is -0.493 e. The van der Waals surface area contributed by atoms with Crippen molar-refractivity contribution in [2.75, 3.05) is 34.4 Å². The Bertz CT molecular complexity index is 948. The highest BCUT2D eigenvalue weighted by Crippen LogP contribution is 2.54. The minimum atomic E-state index is -1.72. The molecule has 1 N–H and O–H groups in total. The van der Waals surface area contributed by atoms with E-state index in [-0.39, 0.29) is 11.6 Å². The highest BCUT2D eigenvalue weighted by Gasteiger charge is 2.57. The number of methoxy groups -OCH3 is 2. The summed E-state index contributed by atoms with van der Waals surface area (Å²) in [5.74, 6) is -0.630. The number of rotatable bonds is 3. The first-order valence-electron chi connectivity index (χ1n) is 8.88. The second-order valence-corrected chi connectivity index (χ2v) is 7.13. The molecule has 3 atom stereocenters. The van der Waals surface area contributed by atoms with Gasteiger partial charge in [-0.1, -0.05) is 12.1 Å². The highest BCUT2D eigenvalue weighted by atomic mass is 16.5. The van der Waals surface area contributed by atoms with E-state index in [1.807, 2.05) is 19.2 Å². The standard InChI is InChI=1S/C21H21N5O2/c1-26-7-6-14-15(9-22)20(25)21(11-23,12-24)19(16(14)10-26)13-4-5-17(27-2)18(8-13)28-3/h4-6,8,15-16,19,25H,7,10H2,1-3H3/t15?,16-,19+/m1/s1. The summed E-state index contributed by atoms with van der Waals surface area (Å²) in [5.41, 5.74) is -0.327. The van der Waals surface area contributed by atoms with Crippen LogP contribution >= 0.6 is 0 Å². The molecule has 1 aliphatic carbocycles. The lowest BCUT2D eigenvalue weighted by Crippen LogP contribution is -2.52. The van der Waals surface area contributed by atoms with E-state index in [0.717, 1.165) is 5.57 Å². The molecule has 1 saturated carbocycles. The van der Waals surface area contributed by atoms with Gasteiger partial charge in [-0.15, -0.1) is 0 Å². The molecule has 0 saturated heterocycles. The first-order valence-corrected chi connectivity index (χ1v) is 8.88. The molecule has 0 bridgehead atoms. The summed E-state index contributed by atoms with van der Waals surface area (Å²) in [5, 5.41) is 38.4. The van der Waals surface area contributed by atoms with Crippen LogP contribution in [-0.2, 0) is 0 Å². The van der Waals surface area contributed by atoms with E-state index in [9.17, 15) is 15.8 Å². The molecule has 142 valence electrons. The van der Waals surface area contributed by atoms with Gasteiger partial charge in [0.2, 0.25) is 0 Å². The van der Waals surface area contributed by atoms with Crippen molar-refractivity contribution in [3.63, 3.8) is 0 Å². The number of nitrogens with zero attached hydrogens (tertiary/aromatic N) is 4. The lowest BCUT2D eigenvalue weighted by Gasteiger charge is -2.47. The van der Waals surface area contributed by atoms with Gasteiger partial charge >= 0.3 is 0 Å². The van der Waals surface area contributed by atoms with E-state index >= 15 is 0 Å². The molecule has 1 aromatic rings. The monoisotopic (exact) mass is 375 g/mol. The molecule has 1 aromatic carbocycles. The SMILES string of the molecule is COc1ccc([C@H]2[C@@H]3CN(C)CC=C3C(C#N)C(=N)C2(C#N)C#N)cc1OC. The Morgan fingerprint density at radius 3 is 2.39 bits per heavy atom. The van der Waals surface area contributed by atoms with Crippen molar-refractivity contribution < 1.29 is 9.47 Å². The van der Waals surface area contributed by atoms with E-state index in [1.165, 1.54) is 14.2 Å². The first-order chi connectivity index (χ1) is 13.5. The smallest absolute Gasteiger partial charge is 0.189 e. The lowest BCUT2D eigenvalue weighted by atomic mass is 9.54. The number of fused-ring (bicyclic) bond motifs is 1. The van der Waals surface area contributed by atoms with E-state index < -0.39 is 17.3 Å². The van der Waals surface area contributed by atoms with Gasteiger partial charge in [-0.2, -0.15) is 15.8 Å². The summed E-state index contributed by atoms with van der Waals surface area (Å²) < 4.78 is 10.7. The zero-order valence-corrected chi connectivity index (χ0v) is 16.1. The predicted octanol–water partition coefficient (Wildman–Crippen LogP) is 2.48. The van der Waals surface area contributed by atoms with Gasteiger partial charge in [-0.3, -0.25) is 0 Å². The third-order valence-electron chi connectivity index (χ3n) is 5.74. The summed E-state index contributed by atoms with van der Waals surface area (Å²) in [6, 6.07) is 11.6. The molecule has 7 heteroatoms. The van der Waals surface area contributed by atoms with E-state index in [0.29, 0.717) is 30.2 Å². The molecular weight excluding hydrogens is 354 g/mol. The minimum absolute atomic E-state index is 0.146. The molecule has 0 amide bonds. The fraction of sp³-hybridized carbons (Fsp3) is 0.429. The van der Waals surface area contributed by atoms with Gasteiger partial charge in [0.05, 0.1) is 38.1 Å². The van der Waals surface area contributed by atoms with Gasteiger partial charge in [-0.25, -0.2) is 0 Å². The van der Waals surface area contributed by atoms with Crippen molar-refractivity contribution in [2.24, 2.45) is 17.3 Å². The molecule has 0 spiro atoms. The van der Waals surface area contributed by atoms with Crippen LogP contribution in [0.4, 0.5) is 0 Å². The van der Waals surface area contributed by atoms with Gasteiger partial charge in [0, 0.05) is 24.9 Å². The van der Waals surface area contributed by atoms with Crippen LogP contribution in [0.1, 0.15) is 11.5 Å². The third kappa shape index (κ3) is 2.71. The van der Waals surface area contributed by atoms with Crippen LogP contribution in [0.5, 0.6) is 11.5 Å². The van der Waals surface area contributed by atoms with Crippen molar-refractivity contribution >= 4 is 5.71 Å². The molecule has 3 rings (SSSR count). The summed E-state index contributed by atoms with van der Waals surface area (Å²) in [6.45, 7) is 1.27. The maximum Gasteiger partial charge on any atom is 0.189 e. The summed E-state index contributed by atoms with van der Waals surface area (Å²) in [4.78, 5) is 2.09. The van der Waals surface area contributed by atoms with Crippen LogP contribution in [0.25, 0.3) is 0 Å². The average Bonchev–Trinajstić information content (AvgIpc) is 2.72.